The Morgan fingerprint density at radius 3 is 1.13 bits per heavy atom. The molecular formula is C56H88O6. The van der Waals surface area contributed by atoms with Crippen LogP contribution in [0.1, 0.15) is 194 Å². The zero-order valence-electron chi connectivity index (χ0n) is 39.6. The molecule has 0 aromatic carbocycles. The lowest BCUT2D eigenvalue weighted by Crippen LogP contribution is -2.30. The molecule has 0 aliphatic rings. The maximum Gasteiger partial charge on any atom is 0.306 e. The lowest BCUT2D eigenvalue weighted by molar-refractivity contribution is -0.166. The molecule has 1 atom stereocenters. The second kappa shape index (κ2) is 49.5. The quantitative estimate of drug-likeness (QED) is 0.0263. The number of allylic oxidation sites excluding steroid dienone is 20. The maximum atomic E-state index is 12.7. The van der Waals surface area contributed by atoms with Gasteiger partial charge < -0.3 is 14.2 Å². The predicted molar refractivity (Wildman–Crippen MR) is 265 cm³/mol. The third kappa shape index (κ3) is 46.9. The molecule has 1 unspecified atom stereocenters. The fourth-order valence-electron chi connectivity index (χ4n) is 6.07. The first-order valence-electron chi connectivity index (χ1n) is 24.5. The molecule has 0 N–H and O–H groups in total. The zero-order chi connectivity index (χ0) is 45.1. The van der Waals surface area contributed by atoms with Crippen LogP contribution in [0.5, 0.6) is 0 Å². The molecule has 0 bridgehead atoms. The molecule has 0 spiro atoms. The van der Waals surface area contributed by atoms with E-state index in [1.54, 1.807) is 0 Å². The SMILES string of the molecule is CC/C=C\C/C=C\C/C=C\C/C=C\C/C=C\CCC(=O)OC(COC(=O)CCC/C=C\CCCCCC)COC(=O)CCCCCCCC/C=C\C/C=C\C/C=C\C/C=C\CC. The van der Waals surface area contributed by atoms with Gasteiger partial charge in [-0.05, 0) is 109 Å². The van der Waals surface area contributed by atoms with Crippen LogP contribution in [0.25, 0.3) is 0 Å². The minimum absolute atomic E-state index is 0.127. The molecule has 0 rings (SSSR count). The van der Waals surface area contributed by atoms with Crippen molar-refractivity contribution in [3.63, 3.8) is 0 Å². The van der Waals surface area contributed by atoms with Crippen molar-refractivity contribution < 1.29 is 28.6 Å². The molecule has 0 aromatic heterocycles. The van der Waals surface area contributed by atoms with Gasteiger partial charge in [0.25, 0.3) is 0 Å². The summed E-state index contributed by atoms with van der Waals surface area (Å²) >= 11 is 0. The normalized spacial score (nSPS) is 13.1. The molecule has 0 heterocycles. The minimum atomic E-state index is -0.836. The average molecular weight is 857 g/mol. The Morgan fingerprint density at radius 2 is 0.677 bits per heavy atom. The number of ether oxygens (including phenoxy) is 3. The molecule has 6 heteroatoms. The fraction of sp³-hybridized carbons (Fsp3) is 0.589. The standard InChI is InChI=1S/C56H88O6/c1-4-7-10-13-16-19-21-23-25-27-28-29-31-32-34-37-40-43-46-49-55(58)61-52-53(51-60-54(57)48-45-42-39-36-18-15-12-9-6-3)62-56(59)50-47-44-41-38-35-33-30-26-24-22-20-17-14-11-8-5-2/h7-8,10-11,16-17,19-20,23-26,28-29,33,35-36,39,41,44,53H,4-6,9,12-15,18,21-22,27,30-32,34,37-38,40,42-43,45-52H2,1-3H3/b10-7-,11-8-,19-16-,20-17-,25-23-,26-24-,29-28-,35-33-,39-36-,44-41-. The van der Waals surface area contributed by atoms with Crippen LogP contribution < -0.4 is 0 Å². The molecule has 0 radical (unpaired) electrons. The highest BCUT2D eigenvalue weighted by atomic mass is 16.6. The molecule has 0 saturated carbocycles. The molecule has 348 valence electrons. The minimum Gasteiger partial charge on any atom is -0.462 e. The second-order valence-electron chi connectivity index (χ2n) is 15.6. The van der Waals surface area contributed by atoms with E-state index < -0.39 is 12.1 Å². The van der Waals surface area contributed by atoms with Crippen molar-refractivity contribution in [2.75, 3.05) is 13.2 Å². The highest BCUT2D eigenvalue weighted by Crippen LogP contribution is 2.11. The number of esters is 3. The van der Waals surface area contributed by atoms with Gasteiger partial charge in [-0.2, -0.15) is 0 Å². The molecule has 6 nitrogen and oxygen atoms in total. The zero-order valence-corrected chi connectivity index (χ0v) is 39.6. The third-order valence-electron chi connectivity index (χ3n) is 9.69. The summed E-state index contributed by atoms with van der Waals surface area (Å²) in [6.07, 6.45) is 67.8. The Balaban J connectivity index is 4.50. The highest BCUT2D eigenvalue weighted by molar-refractivity contribution is 5.71. The van der Waals surface area contributed by atoms with Crippen molar-refractivity contribution in [1.82, 2.24) is 0 Å². The van der Waals surface area contributed by atoms with Crippen LogP contribution >= 0.6 is 0 Å². The molecule has 0 amide bonds. The van der Waals surface area contributed by atoms with E-state index in [2.05, 4.69) is 130 Å². The van der Waals surface area contributed by atoms with Crippen LogP contribution in [0.4, 0.5) is 0 Å². The largest absolute Gasteiger partial charge is 0.462 e. The van der Waals surface area contributed by atoms with Gasteiger partial charge in [0.1, 0.15) is 13.2 Å². The van der Waals surface area contributed by atoms with Crippen LogP contribution in [0.2, 0.25) is 0 Å². The van der Waals surface area contributed by atoms with E-state index in [0.29, 0.717) is 19.3 Å². The van der Waals surface area contributed by atoms with E-state index in [1.807, 2.05) is 12.2 Å². The molecular weight excluding hydrogens is 769 g/mol. The van der Waals surface area contributed by atoms with Gasteiger partial charge in [0, 0.05) is 19.3 Å². The molecule has 62 heavy (non-hydrogen) atoms. The van der Waals surface area contributed by atoms with Crippen molar-refractivity contribution in [1.29, 1.82) is 0 Å². The third-order valence-corrected chi connectivity index (χ3v) is 9.69. The molecule has 0 aliphatic carbocycles. The van der Waals surface area contributed by atoms with E-state index >= 15 is 0 Å². The summed E-state index contributed by atoms with van der Waals surface area (Å²) in [5.41, 5.74) is 0. The van der Waals surface area contributed by atoms with Crippen molar-refractivity contribution in [2.24, 2.45) is 0 Å². The van der Waals surface area contributed by atoms with Gasteiger partial charge in [-0.1, -0.05) is 187 Å². The van der Waals surface area contributed by atoms with Crippen molar-refractivity contribution >= 4 is 17.9 Å². The summed E-state index contributed by atoms with van der Waals surface area (Å²) < 4.78 is 16.6. The van der Waals surface area contributed by atoms with Gasteiger partial charge in [0.05, 0.1) is 0 Å². The predicted octanol–water partition coefficient (Wildman–Crippen LogP) is 16.1. The summed E-state index contributed by atoms with van der Waals surface area (Å²) in [7, 11) is 0. The van der Waals surface area contributed by atoms with E-state index in [9.17, 15) is 14.4 Å². The topological polar surface area (TPSA) is 78.9 Å². The van der Waals surface area contributed by atoms with E-state index in [1.165, 1.54) is 38.5 Å². The number of unbranched alkanes of at least 4 members (excludes halogenated alkanes) is 11. The van der Waals surface area contributed by atoms with Crippen LogP contribution in [0, 0.1) is 0 Å². The lowest BCUT2D eigenvalue weighted by atomic mass is 10.1. The molecule has 0 saturated heterocycles. The first-order chi connectivity index (χ1) is 30.5. The molecule has 0 aromatic rings. The van der Waals surface area contributed by atoms with Crippen molar-refractivity contribution in [3.05, 3.63) is 122 Å². The van der Waals surface area contributed by atoms with E-state index in [4.69, 9.17) is 14.2 Å². The Bertz CT molecular complexity index is 1350. The van der Waals surface area contributed by atoms with Gasteiger partial charge in [-0.25, -0.2) is 0 Å². The van der Waals surface area contributed by atoms with Gasteiger partial charge >= 0.3 is 17.9 Å². The van der Waals surface area contributed by atoms with Crippen LogP contribution in [-0.4, -0.2) is 37.2 Å². The average Bonchev–Trinajstić information content (AvgIpc) is 3.27. The van der Waals surface area contributed by atoms with Crippen molar-refractivity contribution in [2.45, 2.75) is 200 Å². The summed E-state index contributed by atoms with van der Waals surface area (Å²) in [5, 5.41) is 0. The van der Waals surface area contributed by atoms with Gasteiger partial charge in [0.15, 0.2) is 6.10 Å². The molecule has 0 aliphatic heterocycles. The maximum absolute atomic E-state index is 12.7. The van der Waals surface area contributed by atoms with E-state index in [0.717, 1.165) is 103 Å². The van der Waals surface area contributed by atoms with E-state index in [-0.39, 0.29) is 38.0 Å². The number of rotatable bonds is 42. The number of hydrogen-bond acceptors (Lipinski definition) is 6. The van der Waals surface area contributed by atoms with Gasteiger partial charge in [-0.3, -0.25) is 14.4 Å². The Hall–Kier alpha value is -4.19. The number of carbonyl (C=O) groups excluding carboxylic acids is 3. The molecule has 0 fully saturated rings. The van der Waals surface area contributed by atoms with Crippen LogP contribution in [-0.2, 0) is 28.6 Å². The number of carbonyl (C=O) groups is 3. The number of hydrogen-bond donors (Lipinski definition) is 0. The first-order valence-corrected chi connectivity index (χ1v) is 24.5. The Labute approximate surface area is 380 Å². The summed E-state index contributed by atoms with van der Waals surface area (Å²) in [6, 6.07) is 0. The lowest BCUT2D eigenvalue weighted by Gasteiger charge is -2.18. The summed E-state index contributed by atoms with van der Waals surface area (Å²) in [5.74, 6) is -1.07. The van der Waals surface area contributed by atoms with Crippen LogP contribution in [0.15, 0.2) is 122 Å². The fourth-order valence-corrected chi connectivity index (χ4v) is 6.07. The van der Waals surface area contributed by atoms with Crippen LogP contribution in [0.3, 0.4) is 0 Å². The van der Waals surface area contributed by atoms with Gasteiger partial charge in [0.2, 0.25) is 0 Å². The Morgan fingerprint density at radius 1 is 0.339 bits per heavy atom. The first kappa shape index (κ1) is 57.8. The van der Waals surface area contributed by atoms with Gasteiger partial charge in [-0.15, -0.1) is 0 Å². The summed E-state index contributed by atoms with van der Waals surface area (Å²) in [6.45, 7) is 6.25. The Kier molecular flexibility index (Phi) is 46.1. The monoisotopic (exact) mass is 857 g/mol. The summed E-state index contributed by atoms with van der Waals surface area (Å²) in [4.78, 5) is 37.8. The van der Waals surface area contributed by atoms with Crippen molar-refractivity contribution in [3.8, 4) is 0 Å². The highest BCUT2D eigenvalue weighted by Gasteiger charge is 2.19. The smallest absolute Gasteiger partial charge is 0.306 e. The second-order valence-corrected chi connectivity index (χ2v) is 15.6.